The smallest absolute Gasteiger partial charge is 0.314 e. The van der Waals surface area contributed by atoms with Crippen molar-refractivity contribution in [2.24, 2.45) is 0 Å². The number of benzene rings is 2. The summed E-state index contributed by atoms with van der Waals surface area (Å²) in [7, 11) is 0. The van der Waals surface area contributed by atoms with Gasteiger partial charge in [0.25, 0.3) is 5.89 Å². The molecule has 0 aliphatic rings. The molecule has 0 bridgehead atoms. The Morgan fingerprint density at radius 1 is 1.04 bits per heavy atom. The van der Waals surface area contributed by atoms with Crippen LogP contribution in [-0.4, -0.2) is 35.5 Å². The molecule has 2 aromatic carbocycles. The summed E-state index contributed by atoms with van der Waals surface area (Å²) in [6.45, 7) is 0.340. The molecule has 0 saturated heterocycles. The van der Waals surface area contributed by atoms with Crippen LogP contribution < -0.4 is 5.73 Å². The average molecular weight is 385 g/mol. The lowest BCUT2D eigenvalue weighted by Gasteiger charge is -2.01. The van der Waals surface area contributed by atoms with E-state index in [9.17, 15) is 13.9 Å². The van der Waals surface area contributed by atoms with Crippen LogP contribution in [0.3, 0.4) is 0 Å². The number of nitrogens with zero attached hydrogens (tertiary/aromatic N) is 6. The number of hydrogen-bond donors (Lipinski definition) is 2. The molecule has 0 radical (unpaired) electrons. The monoisotopic (exact) mass is 385 g/mol. The highest BCUT2D eigenvalue weighted by Gasteiger charge is 2.17. The summed E-state index contributed by atoms with van der Waals surface area (Å²) in [5.74, 6) is -0.340. The van der Waals surface area contributed by atoms with E-state index in [4.69, 9.17) is 10.2 Å². The quantitative estimate of drug-likeness (QED) is 0.396. The Balaban J connectivity index is 1.49. The van der Waals surface area contributed by atoms with Gasteiger partial charge in [0.2, 0.25) is 11.7 Å². The fourth-order valence-corrected chi connectivity index (χ4v) is 2.47. The minimum atomic E-state index is -2.81. The zero-order valence-electron chi connectivity index (χ0n) is 14.2. The molecule has 2 heterocycles. The molecule has 11 heteroatoms. The first-order chi connectivity index (χ1) is 13.5. The van der Waals surface area contributed by atoms with Gasteiger partial charge in [0.1, 0.15) is 5.75 Å². The van der Waals surface area contributed by atoms with E-state index in [-0.39, 0.29) is 17.3 Å². The fourth-order valence-electron chi connectivity index (χ4n) is 2.47. The van der Waals surface area contributed by atoms with E-state index in [2.05, 4.69) is 25.6 Å². The number of phenolic OH excluding ortho intramolecular Hbond substituents is 1. The number of phenols is 1. The third-order valence-corrected chi connectivity index (χ3v) is 3.89. The molecule has 0 atom stereocenters. The first kappa shape index (κ1) is 17.5. The van der Waals surface area contributed by atoms with E-state index in [1.165, 1.54) is 10.9 Å². The second kappa shape index (κ2) is 7.02. The van der Waals surface area contributed by atoms with Crippen molar-refractivity contribution in [1.82, 2.24) is 30.4 Å². The van der Waals surface area contributed by atoms with Gasteiger partial charge in [-0.15, -0.1) is 20.4 Å². The van der Waals surface area contributed by atoms with Gasteiger partial charge in [-0.1, -0.05) is 12.1 Å². The number of halogens is 2. The summed E-state index contributed by atoms with van der Waals surface area (Å²) in [5, 5.41) is 28.6. The fraction of sp³-hybridized carbons (Fsp3) is 0.118. The molecule has 0 fully saturated rings. The minimum Gasteiger partial charge on any atom is -0.506 e. The van der Waals surface area contributed by atoms with Crippen molar-refractivity contribution in [1.29, 1.82) is 0 Å². The molecule has 0 amide bonds. The van der Waals surface area contributed by atoms with E-state index in [0.717, 1.165) is 5.56 Å². The molecule has 3 N–H and O–H groups in total. The number of anilines is 1. The minimum absolute atomic E-state index is 0.0156. The molecule has 142 valence electrons. The Bertz CT molecular complexity index is 1110. The highest BCUT2D eigenvalue weighted by molar-refractivity contribution is 5.65. The van der Waals surface area contributed by atoms with Crippen molar-refractivity contribution in [3.8, 4) is 28.6 Å². The first-order valence-corrected chi connectivity index (χ1v) is 8.07. The van der Waals surface area contributed by atoms with E-state index in [1.54, 1.807) is 36.4 Å². The summed E-state index contributed by atoms with van der Waals surface area (Å²) in [4.78, 5) is 1.40. The van der Waals surface area contributed by atoms with Crippen LogP contribution >= 0.6 is 0 Å². The third kappa shape index (κ3) is 3.49. The maximum atomic E-state index is 12.5. The molecule has 0 aliphatic carbocycles. The van der Waals surface area contributed by atoms with Crippen molar-refractivity contribution in [2.45, 2.75) is 13.0 Å². The molecular formula is C17H13F2N7O2. The molecular weight excluding hydrogens is 372 g/mol. The van der Waals surface area contributed by atoms with Crippen molar-refractivity contribution in [3.05, 3.63) is 53.9 Å². The van der Waals surface area contributed by atoms with Crippen LogP contribution in [0.2, 0.25) is 0 Å². The van der Waals surface area contributed by atoms with Crippen LogP contribution in [-0.2, 0) is 6.54 Å². The second-order valence-electron chi connectivity index (χ2n) is 5.86. The van der Waals surface area contributed by atoms with Gasteiger partial charge < -0.3 is 15.3 Å². The lowest BCUT2D eigenvalue weighted by molar-refractivity contribution is 0.116. The highest BCUT2D eigenvalue weighted by atomic mass is 19.3. The van der Waals surface area contributed by atoms with Gasteiger partial charge in [-0.3, -0.25) is 0 Å². The van der Waals surface area contributed by atoms with E-state index in [1.807, 2.05) is 0 Å². The normalized spacial score (nSPS) is 11.2. The zero-order chi connectivity index (χ0) is 19.7. The lowest BCUT2D eigenvalue weighted by Crippen LogP contribution is -2.04. The molecule has 0 aliphatic heterocycles. The number of tetrazole rings is 1. The maximum absolute atomic E-state index is 12.5. The molecule has 0 spiro atoms. The molecule has 4 rings (SSSR count). The molecule has 28 heavy (non-hydrogen) atoms. The Labute approximate surface area is 156 Å². The predicted molar refractivity (Wildman–Crippen MR) is 93.1 cm³/mol. The van der Waals surface area contributed by atoms with Gasteiger partial charge in [0.05, 0.1) is 12.2 Å². The Morgan fingerprint density at radius 2 is 1.79 bits per heavy atom. The summed E-state index contributed by atoms with van der Waals surface area (Å²) in [5.41, 5.74) is 7.90. The Hall–Kier alpha value is -3.89. The van der Waals surface area contributed by atoms with Crippen molar-refractivity contribution < 1.29 is 18.3 Å². The van der Waals surface area contributed by atoms with E-state index < -0.39 is 12.3 Å². The number of rotatable bonds is 5. The van der Waals surface area contributed by atoms with Crippen LogP contribution in [0.1, 0.15) is 17.9 Å². The number of aromatic hydroxyl groups is 1. The molecule has 4 aromatic rings. The van der Waals surface area contributed by atoms with Crippen LogP contribution in [0.5, 0.6) is 5.75 Å². The van der Waals surface area contributed by atoms with Crippen LogP contribution in [0.4, 0.5) is 14.5 Å². The molecule has 0 saturated carbocycles. The SMILES string of the molecule is Nc1cc(-c2nnn(Cc3ccc(-c4nnc(C(F)F)o4)cc3)n2)ccc1O. The second-order valence-corrected chi connectivity index (χ2v) is 5.86. The topological polar surface area (TPSA) is 129 Å². The first-order valence-electron chi connectivity index (χ1n) is 8.07. The molecule has 0 unspecified atom stereocenters. The van der Waals surface area contributed by atoms with Gasteiger partial charge in [-0.05, 0) is 41.1 Å². The third-order valence-electron chi connectivity index (χ3n) is 3.89. The number of nitrogen functional groups attached to an aromatic ring is 1. The van der Waals surface area contributed by atoms with Gasteiger partial charge in [-0.25, -0.2) is 0 Å². The molecule has 9 nitrogen and oxygen atoms in total. The van der Waals surface area contributed by atoms with Crippen LogP contribution in [0, 0.1) is 0 Å². The van der Waals surface area contributed by atoms with Crippen LogP contribution in [0.15, 0.2) is 46.9 Å². The summed E-state index contributed by atoms with van der Waals surface area (Å²) in [6.07, 6.45) is -2.81. The van der Waals surface area contributed by atoms with Crippen molar-refractivity contribution >= 4 is 5.69 Å². The number of nitrogens with two attached hydrogens (primary N) is 1. The Kier molecular flexibility index (Phi) is 4.39. The Morgan fingerprint density at radius 3 is 2.46 bits per heavy atom. The van der Waals surface area contributed by atoms with Gasteiger partial charge >= 0.3 is 6.43 Å². The van der Waals surface area contributed by atoms with Crippen molar-refractivity contribution in [2.75, 3.05) is 5.73 Å². The molecule has 2 aromatic heterocycles. The van der Waals surface area contributed by atoms with Gasteiger partial charge in [-0.2, -0.15) is 13.6 Å². The van der Waals surface area contributed by atoms with E-state index >= 15 is 0 Å². The van der Waals surface area contributed by atoms with Gasteiger partial charge in [0.15, 0.2) is 0 Å². The maximum Gasteiger partial charge on any atom is 0.314 e. The van der Waals surface area contributed by atoms with E-state index in [0.29, 0.717) is 23.5 Å². The largest absolute Gasteiger partial charge is 0.506 e. The number of aromatic nitrogens is 6. The highest BCUT2D eigenvalue weighted by Crippen LogP contribution is 2.25. The van der Waals surface area contributed by atoms with Crippen molar-refractivity contribution in [3.63, 3.8) is 0 Å². The lowest BCUT2D eigenvalue weighted by atomic mass is 10.1. The predicted octanol–water partition coefficient (Wildman–Crippen LogP) is 2.66. The number of alkyl halides is 2. The summed E-state index contributed by atoms with van der Waals surface area (Å²) in [6, 6.07) is 11.5. The van der Waals surface area contributed by atoms with Crippen LogP contribution in [0.25, 0.3) is 22.8 Å². The summed E-state index contributed by atoms with van der Waals surface area (Å²) >= 11 is 0. The summed E-state index contributed by atoms with van der Waals surface area (Å²) < 4.78 is 30.0. The zero-order valence-corrected chi connectivity index (χ0v) is 14.2. The average Bonchev–Trinajstić information content (AvgIpc) is 3.35. The number of hydrogen-bond acceptors (Lipinski definition) is 8. The van der Waals surface area contributed by atoms with Gasteiger partial charge in [0, 0.05) is 11.1 Å². The standard InChI is InChI=1S/C17H13F2N7O2/c18-14(19)17-23-22-16(28-17)10-3-1-9(2-4-10)8-26-24-15(21-25-26)11-5-6-13(27)12(20)7-11/h1-7,14,27H,8,20H2.